The first-order valence-electron chi connectivity index (χ1n) is 11.1. The van der Waals surface area contributed by atoms with Gasteiger partial charge < -0.3 is 20.3 Å². The molecule has 2 amide bonds. The largest absolute Gasteiger partial charge is 0.383 e. The third-order valence-electron chi connectivity index (χ3n) is 6.40. The fraction of sp³-hybridized carbons (Fsp3) is 0.417. The number of benzene rings is 2. The lowest BCUT2D eigenvalue weighted by atomic mass is 9.78. The van der Waals surface area contributed by atoms with Gasteiger partial charge in [-0.15, -0.1) is 0 Å². The normalized spacial score (nSPS) is 17.1. The van der Waals surface area contributed by atoms with Crippen LogP contribution in [-0.2, 0) is 11.3 Å². The number of halogens is 2. The van der Waals surface area contributed by atoms with Crippen LogP contribution in [0.1, 0.15) is 35.2 Å². The molecule has 0 saturated carbocycles. The van der Waals surface area contributed by atoms with Gasteiger partial charge >= 0.3 is 6.03 Å². The van der Waals surface area contributed by atoms with Gasteiger partial charge in [-0.3, -0.25) is 4.79 Å². The second-order valence-electron chi connectivity index (χ2n) is 8.50. The molecule has 4 rings (SSSR count). The van der Waals surface area contributed by atoms with Crippen molar-refractivity contribution in [2.45, 2.75) is 31.3 Å². The Morgan fingerprint density at radius 3 is 2.70 bits per heavy atom. The third kappa shape index (κ3) is 4.78. The molecule has 0 aromatic heterocycles. The number of nitrogens with one attached hydrogen (secondary N) is 2. The van der Waals surface area contributed by atoms with Gasteiger partial charge in [-0.25, -0.2) is 14.3 Å². The average Bonchev–Trinajstić information content (AvgIpc) is 2.83. The second kappa shape index (κ2) is 9.74. The van der Waals surface area contributed by atoms with Crippen molar-refractivity contribution in [3.05, 3.63) is 59.4 Å². The number of anilines is 2. The van der Waals surface area contributed by atoms with Crippen molar-refractivity contribution >= 4 is 23.2 Å². The number of carbonyl (C=O) groups excluding carboxylic acids is 2. The summed E-state index contributed by atoms with van der Waals surface area (Å²) < 4.78 is 34.2. The van der Waals surface area contributed by atoms with Crippen LogP contribution in [0.5, 0.6) is 0 Å². The van der Waals surface area contributed by atoms with Crippen LogP contribution in [0.2, 0.25) is 0 Å². The SMILES string of the molecule is COCCNc1cc(CNC(=O)N2CCC3(CC2)CC(=O)c2ccccc2N3F)ccc1F. The minimum absolute atomic E-state index is 0.0661. The molecule has 0 radical (unpaired) electrons. The van der Waals surface area contributed by atoms with Crippen molar-refractivity contribution in [1.29, 1.82) is 0 Å². The Bertz CT molecular complexity index is 1020. The molecule has 2 N–H and O–H groups in total. The highest BCUT2D eigenvalue weighted by molar-refractivity contribution is 6.04. The lowest BCUT2D eigenvalue weighted by Crippen LogP contribution is -2.57. The number of hydrogen-bond acceptors (Lipinski definition) is 5. The monoisotopic (exact) mass is 458 g/mol. The first-order valence-corrected chi connectivity index (χ1v) is 11.1. The number of ketones is 1. The van der Waals surface area contributed by atoms with Gasteiger partial charge in [0.25, 0.3) is 0 Å². The van der Waals surface area contributed by atoms with E-state index in [0.29, 0.717) is 56.0 Å². The molecule has 1 spiro atoms. The van der Waals surface area contributed by atoms with E-state index in [9.17, 15) is 14.0 Å². The smallest absolute Gasteiger partial charge is 0.317 e. The summed E-state index contributed by atoms with van der Waals surface area (Å²) in [5.74, 6) is -0.439. The van der Waals surface area contributed by atoms with Crippen LogP contribution in [0.3, 0.4) is 0 Å². The van der Waals surface area contributed by atoms with Gasteiger partial charge in [0.05, 0.1) is 23.5 Å². The highest BCUT2D eigenvalue weighted by Crippen LogP contribution is 2.43. The number of likely N-dealkylation sites (tertiary alicyclic amines) is 1. The van der Waals surface area contributed by atoms with Gasteiger partial charge in [-0.1, -0.05) is 22.7 Å². The predicted molar refractivity (Wildman–Crippen MR) is 122 cm³/mol. The van der Waals surface area contributed by atoms with E-state index < -0.39 is 5.54 Å². The maximum absolute atomic E-state index is 15.3. The molecule has 0 aliphatic carbocycles. The molecule has 9 heteroatoms. The number of amides is 2. The van der Waals surface area contributed by atoms with E-state index in [4.69, 9.17) is 4.74 Å². The number of carbonyl (C=O) groups is 2. The van der Waals surface area contributed by atoms with Gasteiger partial charge in [0.15, 0.2) is 5.78 Å². The van der Waals surface area contributed by atoms with Crippen LogP contribution in [-0.4, -0.2) is 55.6 Å². The Labute approximate surface area is 191 Å². The first kappa shape index (κ1) is 23.0. The Morgan fingerprint density at radius 2 is 1.94 bits per heavy atom. The number of ether oxygens (including phenoxy) is 1. The van der Waals surface area contributed by atoms with Crippen molar-refractivity contribution < 1.29 is 23.2 Å². The molecule has 0 atom stereocenters. The third-order valence-corrected chi connectivity index (χ3v) is 6.40. The summed E-state index contributed by atoms with van der Waals surface area (Å²) in [5, 5.41) is 6.54. The van der Waals surface area contributed by atoms with E-state index in [1.54, 1.807) is 48.4 Å². The quantitative estimate of drug-likeness (QED) is 0.507. The molecule has 0 unspecified atom stereocenters. The molecule has 2 aromatic rings. The summed E-state index contributed by atoms with van der Waals surface area (Å²) in [5.41, 5.74) is 0.896. The summed E-state index contributed by atoms with van der Waals surface area (Å²) in [4.78, 5) is 26.9. The van der Waals surface area contributed by atoms with E-state index >= 15 is 4.48 Å². The summed E-state index contributed by atoms with van der Waals surface area (Å²) in [6.45, 7) is 1.84. The fourth-order valence-electron chi connectivity index (χ4n) is 4.49. The van der Waals surface area contributed by atoms with Crippen molar-refractivity contribution in [2.24, 2.45) is 0 Å². The first-order chi connectivity index (χ1) is 15.9. The Hall–Kier alpha value is -3.20. The van der Waals surface area contributed by atoms with Crippen LogP contribution >= 0.6 is 0 Å². The molecule has 2 heterocycles. The molecule has 176 valence electrons. The minimum Gasteiger partial charge on any atom is -0.383 e. The zero-order valence-electron chi connectivity index (χ0n) is 18.6. The molecule has 2 aliphatic rings. The number of hydrogen-bond donors (Lipinski definition) is 2. The number of urea groups is 1. The summed E-state index contributed by atoms with van der Waals surface area (Å²) in [6, 6.07) is 11.1. The highest BCUT2D eigenvalue weighted by atomic mass is 19.2. The van der Waals surface area contributed by atoms with Crippen LogP contribution < -0.4 is 15.8 Å². The average molecular weight is 459 g/mol. The molecule has 33 heavy (non-hydrogen) atoms. The van der Waals surface area contributed by atoms with Gasteiger partial charge in [0.1, 0.15) is 5.82 Å². The van der Waals surface area contributed by atoms with Gasteiger partial charge in [0.2, 0.25) is 0 Å². The molecular weight excluding hydrogens is 430 g/mol. The summed E-state index contributed by atoms with van der Waals surface area (Å²) >= 11 is 0. The maximum atomic E-state index is 15.3. The minimum atomic E-state index is -0.915. The van der Waals surface area contributed by atoms with Crippen LogP contribution in [0.15, 0.2) is 42.5 Å². The van der Waals surface area contributed by atoms with Crippen molar-refractivity contribution in [2.75, 3.05) is 43.8 Å². The number of Topliss-reactive ketones (excluding diaryl/α,β-unsaturated/α-hetero) is 1. The standard InChI is InChI=1S/C24H28F2N4O3/c1-33-13-10-27-20-14-17(6-7-19(20)25)16-28-23(32)29-11-8-24(9-12-29)15-22(31)18-4-2-3-5-21(18)30(24)26/h2-7,14,27H,8-13,15-16H2,1H3,(H,28,32). The van der Waals surface area contributed by atoms with Crippen molar-refractivity contribution in [3.8, 4) is 0 Å². The number of para-hydroxylation sites is 1. The van der Waals surface area contributed by atoms with Gasteiger partial charge in [-0.05, 0) is 42.7 Å². The molecule has 1 saturated heterocycles. The van der Waals surface area contributed by atoms with E-state index in [-0.39, 0.29) is 30.6 Å². The summed E-state index contributed by atoms with van der Waals surface area (Å²) in [7, 11) is 1.57. The Balaban J connectivity index is 1.33. The molecule has 1 fully saturated rings. The Morgan fingerprint density at radius 1 is 1.18 bits per heavy atom. The van der Waals surface area contributed by atoms with E-state index in [1.165, 1.54) is 6.07 Å². The van der Waals surface area contributed by atoms with Crippen LogP contribution in [0.4, 0.5) is 25.0 Å². The van der Waals surface area contributed by atoms with Crippen molar-refractivity contribution in [3.63, 3.8) is 0 Å². The maximum Gasteiger partial charge on any atom is 0.317 e. The molecule has 7 nitrogen and oxygen atoms in total. The zero-order valence-corrected chi connectivity index (χ0v) is 18.6. The number of rotatable bonds is 6. The van der Waals surface area contributed by atoms with Crippen molar-refractivity contribution in [1.82, 2.24) is 10.2 Å². The number of methoxy groups -OCH3 is 1. The lowest BCUT2D eigenvalue weighted by Gasteiger charge is -2.47. The highest BCUT2D eigenvalue weighted by Gasteiger charge is 2.47. The van der Waals surface area contributed by atoms with Crippen LogP contribution in [0.25, 0.3) is 0 Å². The Kier molecular flexibility index (Phi) is 6.78. The van der Waals surface area contributed by atoms with E-state index in [1.807, 2.05) is 0 Å². The zero-order chi connectivity index (χ0) is 23.4. The van der Waals surface area contributed by atoms with E-state index in [2.05, 4.69) is 10.6 Å². The second-order valence-corrected chi connectivity index (χ2v) is 8.50. The molecule has 2 aromatic carbocycles. The lowest BCUT2D eigenvalue weighted by molar-refractivity contribution is 0.0805. The van der Waals surface area contributed by atoms with E-state index in [0.717, 1.165) is 10.7 Å². The van der Waals surface area contributed by atoms with Crippen LogP contribution in [0, 0.1) is 5.82 Å². The fourth-order valence-corrected chi connectivity index (χ4v) is 4.49. The molecule has 2 aliphatic heterocycles. The predicted octanol–water partition coefficient (Wildman–Crippen LogP) is 3.91. The topological polar surface area (TPSA) is 73.9 Å². The number of nitrogens with zero attached hydrogens (tertiary/aromatic N) is 2. The van der Waals surface area contributed by atoms with Gasteiger partial charge in [0, 0.05) is 45.3 Å². The number of piperidine rings is 1. The summed E-state index contributed by atoms with van der Waals surface area (Å²) in [6.07, 6.45) is 0.826. The molecular formula is C24H28F2N4O3. The molecule has 0 bridgehead atoms. The number of fused-ring (bicyclic) bond motifs is 1. The van der Waals surface area contributed by atoms with Gasteiger partial charge in [-0.2, -0.15) is 0 Å².